The van der Waals surface area contributed by atoms with Crippen LogP contribution in [0.1, 0.15) is 108 Å². The summed E-state index contributed by atoms with van der Waals surface area (Å²) >= 11 is 1.57. The molecule has 86 heavy (non-hydrogen) atoms. The van der Waals surface area contributed by atoms with Gasteiger partial charge in [0, 0.05) is 111 Å². The first-order valence-electron chi connectivity index (χ1n) is 30.2. The number of aliphatic hydroxyl groups is 1. The predicted molar refractivity (Wildman–Crippen MR) is 329 cm³/mol. The first kappa shape index (κ1) is 65.1. The van der Waals surface area contributed by atoms with Gasteiger partial charge in [-0.3, -0.25) is 38.6 Å². The van der Waals surface area contributed by atoms with Crippen LogP contribution in [0.4, 0.5) is 24.5 Å². The van der Waals surface area contributed by atoms with Gasteiger partial charge >= 0.3 is 6.18 Å². The molecule has 5 N–H and O–H groups in total. The standard InChI is InChI=1S/C64H84F3N11O7S/c1-43-58(86-42-71-43)46-20-18-44(19-21-46)38-70-61(84)54-36-49(79)41-78(54)62(85)59(63(2,3)4)73-56(81)17-12-10-8-6-7-9-11-16-55(80)68-24-25-75-28-30-76(31-29-75)40-45-14-13-15-47(34-45)48-22-23-53(77-32-26-74(5)27-33-77)52(35-48)72-60(83)50-39-69-57(82)37-51(50)64(65,66)67/h13-15,18-23,34-35,39,42,49,54,59,79H,6-12,16-17,24-33,36-38,40-41H2,1-5H3,(H,68,80)(H,70,84)(H,72,83)(H,73,81)/t49-,54+,59-/m1/s1. The van der Waals surface area contributed by atoms with Crippen molar-refractivity contribution >= 4 is 64.4 Å². The molecule has 3 fully saturated rings. The second-order valence-electron chi connectivity index (χ2n) is 24.3. The monoisotopic (exact) mass is 1210 g/mol. The number of carbonyl (C=O) groups excluding carboxylic acids is 6. The molecule has 22 heteroatoms. The summed E-state index contributed by atoms with van der Waals surface area (Å²) in [7, 11) is 2.02. The molecule has 4 aliphatic heterocycles. The van der Waals surface area contributed by atoms with Gasteiger partial charge in [0.1, 0.15) is 12.1 Å². The highest BCUT2D eigenvalue weighted by molar-refractivity contribution is 7.13. The number of likely N-dealkylation sites (N-methyl/N-ethyl adjacent to an activating group) is 1. The normalized spacial score (nSPS) is 18.5. The number of hydrogen-bond acceptors (Lipinski definition) is 13. The molecule has 0 radical (unpaired) electrons. The smallest absolute Gasteiger partial charge is 0.391 e. The quantitative estimate of drug-likeness (QED) is 0.0401. The van der Waals surface area contributed by atoms with E-state index in [0.29, 0.717) is 50.1 Å². The van der Waals surface area contributed by atoms with Gasteiger partial charge in [-0.05, 0) is 78.2 Å². The molecule has 8 rings (SSSR count). The van der Waals surface area contributed by atoms with E-state index >= 15 is 0 Å². The Bertz CT molecular complexity index is 3070. The fourth-order valence-corrected chi connectivity index (χ4v) is 12.3. The van der Waals surface area contributed by atoms with Crippen molar-refractivity contribution in [2.24, 2.45) is 10.4 Å². The molecule has 1 aromatic heterocycles. The summed E-state index contributed by atoms with van der Waals surface area (Å²) in [6.45, 7) is 16.3. The fourth-order valence-electron chi connectivity index (χ4n) is 11.5. The second-order valence-corrected chi connectivity index (χ2v) is 25.1. The maximum absolute atomic E-state index is 14.1. The third kappa shape index (κ3) is 18.3. The number of alkyl halides is 3. The topological polar surface area (TPSA) is 212 Å². The minimum atomic E-state index is -4.87. The van der Waals surface area contributed by atoms with Crippen molar-refractivity contribution in [3.63, 3.8) is 0 Å². The number of aryl methyl sites for hydroxylation is 1. The number of nitrogens with one attached hydrogen (secondary N) is 4. The van der Waals surface area contributed by atoms with Crippen LogP contribution in [-0.4, -0.2) is 175 Å². The molecule has 3 aromatic carbocycles. The average Bonchev–Trinajstić information content (AvgIpc) is 4.17. The molecule has 6 amide bonds. The van der Waals surface area contributed by atoms with Gasteiger partial charge in [-0.2, -0.15) is 13.2 Å². The number of aromatic nitrogens is 1. The largest absolute Gasteiger partial charge is 0.414 e. The SMILES string of the molecule is Cc1ncsc1-c1ccc(CNC(=O)[C@@H]2C[C@@H](O)CN2C(=O)[C@@H](NC(=O)CCCCCCCCCC(=O)NCCN2CCN(Cc3cccc(-c4ccc(N5CCN(C)CC5)c(NC(=O)C5=C(C(F)(F)F)CC(=O)N=C5)c4)c3)CC2)C(C)(C)C)cc1. The first-order chi connectivity index (χ1) is 41.1. The van der Waals surface area contributed by atoms with Gasteiger partial charge in [-0.15, -0.1) is 11.3 Å². The second kappa shape index (κ2) is 30.2. The van der Waals surface area contributed by atoms with Gasteiger partial charge in [-0.25, -0.2) is 9.98 Å². The van der Waals surface area contributed by atoms with Crippen molar-refractivity contribution < 1.29 is 47.0 Å². The number of anilines is 2. The highest BCUT2D eigenvalue weighted by Crippen LogP contribution is 2.37. The van der Waals surface area contributed by atoms with Crippen LogP contribution in [0, 0.1) is 12.3 Å². The van der Waals surface area contributed by atoms with Gasteiger partial charge in [0.05, 0.1) is 51.1 Å². The number of β-amino-alcohol motifs (C(OH)–C–C–N with tert-alkyl or cyclic N) is 1. The van der Waals surface area contributed by atoms with Gasteiger partial charge in [0.25, 0.3) is 5.91 Å². The number of nitrogens with zero attached hydrogens (tertiary/aromatic N) is 7. The van der Waals surface area contributed by atoms with Crippen LogP contribution in [0.15, 0.2) is 88.4 Å². The Morgan fingerprint density at radius 1 is 0.767 bits per heavy atom. The summed E-state index contributed by atoms with van der Waals surface area (Å²) in [4.78, 5) is 98.3. The van der Waals surface area contributed by atoms with E-state index in [1.807, 2.05) is 88.8 Å². The zero-order valence-electron chi connectivity index (χ0n) is 50.3. The number of aliphatic hydroxyl groups excluding tert-OH is 1. The number of likely N-dealkylation sites (tertiary alicyclic amines) is 1. The Morgan fingerprint density at radius 2 is 1.42 bits per heavy atom. The lowest BCUT2D eigenvalue weighted by atomic mass is 9.85. The molecule has 3 atom stereocenters. The number of rotatable bonds is 25. The molecular weight excluding hydrogens is 1120 g/mol. The maximum Gasteiger partial charge on any atom is 0.414 e. The maximum atomic E-state index is 14.1. The number of carbonyl (C=O) groups is 6. The van der Waals surface area contributed by atoms with Crippen LogP contribution in [0.25, 0.3) is 21.6 Å². The number of halogens is 3. The molecule has 0 saturated carbocycles. The number of aliphatic imine (C=N–C) groups is 1. The number of amides is 6. The highest BCUT2D eigenvalue weighted by atomic mass is 32.1. The van der Waals surface area contributed by atoms with E-state index in [-0.39, 0.29) is 49.6 Å². The Kier molecular flexibility index (Phi) is 22.9. The van der Waals surface area contributed by atoms with E-state index in [9.17, 15) is 47.0 Å². The molecule has 0 spiro atoms. The Morgan fingerprint density at radius 3 is 2.08 bits per heavy atom. The Labute approximate surface area is 507 Å². The number of benzene rings is 3. The van der Waals surface area contributed by atoms with E-state index in [0.717, 1.165) is 129 Å². The molecule has 0 unspecified atom stereocenters. The van der Waals surface area contributed by atoms with Crippen molar-refractivity contribution in [2.75, 3.05) is 89.3 Å². The number of dihydropyridines is 1. The minimum Gasteiger partial charge on any atom is -0.391 e. The summed E-state index contributed by atoms with van der Waals surface area (Å²) in [6, 6.07) is 19.9. The van der Waals surface area contributed by atoms with Gasteiger partial charge in [0.2, 0.25) is 29.5 Å². The minimum absolute atomic E-state index is 0.0123. The third-order valence-corrected chi connectivity index (χ3v) is 17.5. The summed E-state index contributed by atoms with van der Waals surface area (Å²) < 4.78 is 41.9. The van der Waals surface area contributed by atoms with E-state index < -0.39 is 59.2 Å². The van der Waals surface area contributed by atoms with Crippen molar-refractivity contribution in [3.05, 3.63) is 100 Å². The van der Waals surface area contributed by atoms with Gasteiger partial charge < -0.3 is 41.1 Å². The Balaban J connectivity index is 0.690. The van der Waals surface area contributed by atoms with Crippen LogP contribution in [0.5, 0.6) is 0 Å². The first-order valence-corrected chi connectivity index (χ1v) is 31.1. The third-order valence-electron chi connectivity index (χ3n) is 16.6. The molecule has 4 aromatic rings. The highest BCUT2D eigenvalue weighted by Gasteiger charge is 2.45. The summed E-state index contributed by atoms with van der Waals surface area (Å²) in [5.41, 5.74) is 6.06. The molecule has 4 aliphatic rings. The zero-order chi connectivity index (χ0) is 61.5. The molecule has 3 saturated heterocycles. The summed E-state index contributed by atoms with van der Waals surface area (Å²) in [5, 5.41) is 22.4. The molecule has 464 valence electrons. The zero-order valence-corrected chi connectivity index (χ0v) is 51.1. The van der Waals surface area contributed by atoms with Crippen molar-refractivity contribution in [3.8, 4) is 21.6 Å². The Hall–Kier alpha value is -6.85. The lowest BCUT2D eigenvalue weighted by molar-refractivity contribution is -0.144. The van der Waals surface area contributed by atoms with E-state index in [2.05, 4.69) is 63.0 Å². The average molecular weight is 1210 g/mol. The van der Waals surface area contributed by atoms with E-state index in [4.69, 9.17) is 0 Å². The van der Waals surface area contributed by atoms with Crippen LogP contribution < -0.4 is 26.2 Å². The van der Waals surface area contributed by atoms with Crippen LogP contribution in [0.2, 0.25) is 0 Å². The lowest BCUT2D eigenvalue weighted by Gasteiger charge is -2.35. The molecule has 0 aliphatic carbocycles. The van der Waals surface area contributed by atoms with Crippen LogP contribution in [0.3, 0.4) is 0 Å². The molecule has 5 heterocycles. The number of thiazole rings is 1. The van der Waals surface area contributed by atoms with Gasteiger partial charge in [-0.1, -0.05) is 101 Å². The van der Waals surface area contributed by atoms with Crippen molar-refractivity contribution in [2.45, 2.75) is 136 Å². The fraction of sp³-hybridized carbons (Fsp3) is 0.531. The summed E-state index contributed by atoms with van der Waals surface area (Å²) in [6.07, 6.45) is 1.10. The molecule has 18 nitrogen and oxygen atoms in total. The van der Waals surface area contributed by atoms with Crippen molar-refractivity contribution in [1.82, 2.24) is 40.5 Å². The van der Waals surface area contributed by atoms with E-state index in [1.165, 1.54) is 4.90 Å². The van der Waals surface area contributed by atoms with Crippen LogP contribution in [-0.2, 0) is 41.9 Å². The summed E-state index contributed by atoms with van der Waals surface area (Å²) in [5.74, 6) is -2.83. The number of piperazine rings is 2. The number of unbranched alkanes of at least 4 members (excludes halogenated alkanes) is 6. The predicted octanol–water partition coefficient (Wildman–Crippen LogP) is 7.89. The number of hydrogen-bond donors (Lipinski definition) is 5. The van der Waals surface area contributed by atoms with E-state index in [1.54, 1.807) is 17.4 Å². The van der Waals surface area contributed by atoms with Crippen LogP contribution >= 0.6 is 11.3 Å². The van der Waals surface area contributed by atoms with Crippen molar-refractivity contribution in [1.29, 1.82) is 0 Å². The lowest BCUT2D eigenvalue weighted by Crippen LogP contribution is -2.57. The van der Waals surface area contributed by atoms with Gasteiger partial charge in [0.15, 0.2) is 0 Å². The molecule has 0 bridgehead atoms. The molecular formula is C64H84F3N11O7S.